The summed E-state index contributed by atoms with van der Waals surface area (Å²) in [4.78, 5) is 13.1. The van der Waals surface area contributed by atoms with Gasteiger partial charge in [-0.05, 0) is 69.0 Å². The van der Waals surface area contributed by atoms with Gasteiger partial charge >= 0.3 is 0 Å². The number of rotatable bonds is 7. The number of unbranched alkanes of at least 4 members (excludes halogenated alkanes) is 1. The van der Waals surface area contributed by atoms with Gasteiger partial charge in [0.2, 0.25) is 5.91 Å². The van der Waals surface area contributed by atoms with E-state index in [0.717, 1.165) is 67.4 Å². The standard InChI is InChI=1S/C19H30N4OS/c1-3-4-5-23-16(21-22-18(23)25-2)12-20-17(24)19-9-13-6-14(10-19)8-15(7-13)11-19/h13-15H,3-12H2,1-2H3,(H,20,24). The summed E-state index contributed by atoms with van der Waals surface area (Å²) < 4.78 is 2.17. The molecule has 4 fully saturated rings. The normalized spacial score (nSPS) is 33.0. The molecule has 1 aromatic heterocycles. The highest BCUT2D eigenvalue weighted by Gasteiger charge is 2.54. The summed E-state index contributed by atoms with van der Waals surface area (Å²) in [5, 5.41) is 12.8. The number of nitrogens with zero attached hydrogens (tertiary/aromatic N) is 3. The Bertz CT molecular complexity index is 606. The fourth-order valence-electron chi connectivity index (χ4n) is 5.88. The van der Waals surface area contributed by atoms with Gasteiger partial charge in [-0.3, -0.25) is 4.79 Å². The minimum absolute atomic E-state index is 0.0780. The van der Waals surface area contributed by atoms with Crippen LogP contribution in [-0.4, -0.2) is 26.9 Å². The summed E-state index contributed by atoms with van der Waals surface area (Å²) in [5.74, 6) is 3.58. The molecule has 1 heterocycles. The van der Waals surface area contributed by atoms with Crippen LogP contribution in [0.2, 0.25) is 0 Å². The molecule has 5 rings (SSSR count). The summed E-state index contributed by atoms with van der Waals surface area (Å²) in [5.41, 5.74) is -0.0780. The van der Waals surface area contributed by atoms with Crippen LogP contribution >= 0.6 is 11.8 Å². The van der Waals surface area contributed by atoms with Crippen LogP contribution < -0.4 is 5.32 Å². The van der Waals surface area contributed by atoms with Crippen LogP contribution in [0.1, 0.15) is 64.1 Å². The second kappa shape index (κ2) is 6.93. The van der Waals surface area contributed by atoms with Gasteiger partial charge in [-0.1, -0.05) is 25.1 Å². The maximum absolute atomic E-state index is 13.1. The number of aromatic nitrogens is 3. The average Bonchev–Trinajstić information content (AvgIpc) is 2.98. The summed E-state index contributed by atoms with van der Waals surface area (Å²) in [6, 6.07) is 0. The first-order valence-electron chi connectivity index (χ1n) is 9.88. The lowest BCUT2D eigenvalue weighted by Crippen LogP contribution is -2.53. The molecule has 0 saturated heterocycles. The van der Waals surface area contributed by atoms with Gasteiger partial charge in [0.15, 0.2) is 11.0 Å². The van der Waals surface area contributed by atoms with E-state index >= 15 is 0 Å². The van der Waals surface area contributed by atoms with E-state index in [2.05, 4.69) is 27.0 Å². The molecule has 4 bridgehead atoms. The fraction of sp³-hybridized carbons (Fsp3) is 0.842. The highest BCUT2D eigenvalue weighted by molar-refractivity contribution is 7.98. The van der Waals surface area contributed by atoms with Crippen molar-refractivity contribution in [3.63, 3.8) is 0 Å². The quantitative estimate of drug-likeness (QED) is 0.753. The van der Waals surface area contributed by atoms with E-state index in [0.29, 0.717) is 6.54 Å². The summed E-state index contributed by atoms with van der Waals surface area (Å²) in [6.45, 7) is 3.64. The van der Waals surface area contributed by atoms with Crippen LogP contribution in [0.15, 0.2) is 5.16 Å². The van der Waals surface area contributed by atoms with E-state index in [9.17, 15) is 4.79 Å². The number of carbonyl (C=O) groups is 1. The smallest absolute Gasteiger partial charge is 0.226 e. The van der Waals surface area contributed by atoms with Gasteiger partial charge in [0, 0.05) is 12.0 Å². The highest BCUT2D eigenvalue weighted by atomic mass is 32.2. The molecule has 138 valence electrons. The van der Waals surface area contributed by atoms with E-state index in [-0.39, 0.29) is 11.3 Å². The van der Waals surface area contributed by atoms with Gasteiger partial charge in [0.1, 0.15) is 0 Å². The number of nitrogens with one attached hydrogen (secondary N) is 1. The van der Waals surface area contributed by atoms with Crippen molar-refractivity contribution in [3.05, 3.63) is 5.82 Å². The second-order valence-electron chi connectivity index (χ2n) is 8.49. The Kier molecular flexibility index (Phi) is 4.82. The van der Waals surface area contributed by atoms with Gasteiger partial charge in [0.25, 0.3) is 0 Å². The molecule has 4 aliphatic rings. The zero-order valence-electron chi connectivity index (χ0n) is 15.5. The Morgan fingerprint density at radius 1 is 1.20 bits per heavy atom. The number of thioether (sulfide) groups is 1. The van der Waals surface area contributed by atoms with E-state index in [1.807, 2.05) is 6.26 Å². The van der Waals surface area contributed by atoms with Crippen molar-refractivity contribution < 1.29 is 4.79 Å². The van der Waals surface area contributed by atoms with E-state index < -0.39 is 0 Å². The Morgan fingerprint density at radius 2 is 1.84 bits per heavy atom. The zero-order valence-corrected chi connectivity index (χ0v) is 16.3. The van der Waals surface area contributed by atoms with Crippen LogP contribution in [-0.2, 0) is 17.9 Å². The van der Waals surface area contributed by atoms with Crippen LogP contribution in [0, 0.1) is 23.2 Å². The van der Waals surface area contributed by atoms with Gasteiger partial charge in [-0.25, -0.2) is 0 Å². The number of hydrogen-bond donors (Lipinski definition) is 1. The van der Waals surface area contributed by atoms with Crippen molar-refractivity contribution in [2.45, 2.75) is 76.5 Å². The SMILES string of the molecule is CCCCn1c(CNC(=O)C23CC4CC(CC(C4)C2)C3)nnc1SC. The van der Waals surface area contributed by atoms with E-state index in [1.165, 1.54) is 19.3 Å². The number of amides is 1. The molecular formula is C19H30N4OS. The third kappa shape index (κ3) is 3.22. The lowest BCUT2D eigenvalue weighted by atomic mass is 9.49. The van der Waals surface area contributed by atoms with Crippen LogP contribution in [0.4, 0.5) is 0 Å². The average molecular weight is 363 g/mol. The van der Waals surface area contributed by atoms with E-state index in [1.54, 1.807) is 11.8 Å². The molecule has 1 N–H and O–H groups in total. The summed E-state index contributed by atoms with van der Waals surface area (Å²) >= 11 is 1.62. The molecule has 25 heavy (non-hydrogen) atoms. The number of carbonyl (C=O) groups excluding carboxylic acids is 1. The minimum Gasteiger partial charge on any atom is -0.348 e. The summed E-state index contributed by atoms with van der Waals surface area (Å²) in [7, 11) is 0. The Hall–Kier alpha value is -1.04. The molecule has 0 radical (unpaired) electrons. The molecule has 0 aliphatic heterocycles. The van der Waals surface area contributed by atoms with Gasteiger partial charge in [-0.15, -0.1) is 10.2 Å². The van der Waals surface area contributed by atoms with Crippen molar-refractivity contribution in [2.75, 3.05) is 6.26 Å². The van der Waals surface area contributed by atoms with Crippen molar-refractivity contribution in [1.82, 2.24) is 20.1 Å². The van der Waals surface area contributed by atoms with Crippen LogP contribution in [0.5, 0.6) is 0 Å². The molecule has 6 heteroatoms. The molecule has 1 amide bonds. The molecular weight excluding hydrogens is 332 g/mol. The van der Waals surface area contributed by atoms with Crippen molar-refractivity contribution in [2.24, 2.45) is 23.2 Å². The lowest BCUT2D eigenvalue weighted by molar-refractivity contribution is -0.146. The van der Waals surface area contributed by atoms with Crippen LogP contribution in [0.3, 0.4) is 0 Å². The van der Waals surface area contributed by atoms with Crippen LogP contribution in [0.25, 0.3) is 0 Å². The predicted octanol–water partition coefficient (Wildman–Crippen LogP) is 3.63. The molecule has 0 spiro atoms. The Morgan fingerprint density at radius 3 is 2.40 bits per heavy atom. The van der Waals surface area contributed by atoms with Gasteiger partial charge in [0.05, 0.1) is 6.54 Å². The molecule has 0 aromatic carbocycles. The Balaban J connectivity index is 1.43. The second-order valence-corrected chi connectivity index (χ2v) is 9.26. The van der Waals surface area contributed by atoms with Crippen molar-refractivity contribution >= 4 is 17.7 Å². The van der Waals surface area contributed by atoms with Crippen molar-refractivity contribution in [1.29, 1.82) is 0 Å². The highest BCUT2D eigenvalue weighted by Crippen LogP contribution is 2.60. The molecule has 4 saturated carbocycles. The first-order chi connectivity index (χ1) is 12.1. The van der Waals surface area contributed by atoms with Crippen molar-refractivity contribution in [3.8, 4) is 0 Å². The first-order valence-corrected chi connectivity index (χ1v) is 11.1. The minimum atomic E-state index is -0.0780. The fourth-order valence-corrected chi connectivity index (χ4v) is 6.42. The maximum Gasteiger partial charge on any atom is 0.226 e. The third-order valence-electron chi connectivity index (χ3n) is 6.64. The summed E-state index contributed by atoms with van der Waals surface area (Å²) in [6.07, 6.45) is 11.7. The monoisotopic (exact) mass is 362 g/mol. The predicted molar refractivity (Wildman–Crippen MR) is 99.2 cm³/mol. The molecule has 1 aromatic rings. The van der Waals surface area contributed by atoms with Gasteiger partial charge in [-0.2, -0.15) is 0 Å². The van der Waals surface area contributed by atoms with E-state index in [4.69, 9.17) is 0 Å². The Labute approximate surface area is 154 Å². The molecule has 5 nitrogen and oxygen atoms in total. The molecule has 0 unspecified atom stereocenters. The third-order valence-corrected chi connectivity index (χ3v) is 7.31. The van der Waals surface area contributed by atoms with Gasteiger partial charge < -0.3 is 9.88 Å². The zero-order chi connectivity index (χ0) is 17.4. The number of hydrogen-bond acceptors (Lipinski definition) is 4. The first kappa shape index (κ1) is 17.4. The molecule has 4 aliphatic carbocycles. The molecule has 0 atom stereocenters. The topological polar surface area (TPSA) is 59.8 Å². The lowest BCUT2D eigenvalue weighted by Gasteiger charge is -2.55. The maximum atomic E-state index is 13.1. The largest absolute Gasteiger partial charge is 0.348 e.